The summed E-state index contributed by atoms with van der Waals surface area (Å²) >= 11 is 0. The van der Waals surface area contributed by atoms with Gasteiger partial charge in [-0.2, -0.15) is 0 Å². The van der Waals surface area contributed by atoms with Crippen LogP contribution >= 0.6 is 0 Å². The van der Waals surface area contributed by atoms with Crippen molar-refractivity contribution in [3.05, 3.63) is 65.5 Å². The molecule has 0 aliphatic rings. The first-order valence-corrected chi connectivity index (χ1v) is 9.69. The van der Waals surface area contributed by atoms with Crippen LogP contribution in [0.4, 0.5) is 9.18 Å². The van der Waals surface area contributed by atoms with Gasteiger partial charge in [-0.05, 0) is 62.6 Å². The van der Waals surface area contributed by atoms with E-state index < -0.39 is 11.7 Å². The van der Waals surface area contributed by atoms with Gasteiger partial charge in [0.25, 0.3) is 0 Å². The number of carbonyl (C=O) groups excluding carboxylic acids is 2. The van der Waals surface area contributed by atoms with Crippen LogP contribution in [0.3, 0.4) is 0 Å². The van der Waals surface area contributed by atoms with Crippen molar-refractivity contribution in [1.29, 1.82) is 0 Å². The van der Waals surface area contributed by atoms with E-state index in [1.54, 1.807) is 40.0 Å². The van der Waals surface area contributed by atoms with Crippen LogP contribution in [0.5, 0.6) is 5.75 Å². The van der Waals surface area contributed by atoms with E-state index in [-0.39, 0.29) is 24.3 Å². The van der Waals surface area contributed by atoms with Crippen molar-refractivity contribution in [2.24, 2.45) is 0 Å². The minimum Gasteiger partial charge on any atom is -0.497 e. The molecule has 1 atom stereocenters. The fourth-order valence-electron chi connectivity index (χ4n) is 2.80. The SMILES string of the molecule is COc1ccc(C(Cc2ccc(F)cc2)NC(=O)CN(C)C(=O)OC(C)(C)C)cc1. The number of amides is 2. The first-order chi connectivity index (χ1) is 14.1. The lowest BCUT2D eigenvalue weighted by Gasteiger charge is -2.25. The molecule has 1 N–H and O–H groups in total. The predicted molar refractivity (Wildman–Crippen MR) is 113 cm³/mol. The van der Waals surface area contributed by atoms with Gasteiger partial charge in [0.1, 0.15) is 23.7 Å². The molecule has 2 amide bonds. The highest BCUT2D eigenvalue weighted by atomic mass is 19.1. The minimum atomic E-state index is -0.643. The fraction of sp³-hybridized carbons (Fsp3) is 0.391. The summed E-state index contributed by atoms with van der Waals surface area (Å²) in [6.07, 6.45) is -0.105. The normalized spacial score (nSPS) is 12.1. The number of ether oxygens (including phenoxy) is 2. The highest BCUT2D eigenvalue weighted by Gasteiger charge is 2.23. The van der Waals surface area contributed by atoms with E-state index in [0.717, 1.165) is 11.1 Å². The highest BCUT2D eigenvalue weighted by Crippen LogP contribution is 2.22. The molecule has 7 heteroatoms. The molecule has 0 aromatic heterocycles. The Morgan fingerprint density at radius 3 is 2.20 bits per heavy atom. The standard InChI is InChI=1S/C23H29FN2O4/c1-23(2,3)30-22(28)26(4)15-21(27)25-20(14-16-6-10-18(24)11-7-16)17-8-12-19(29-5)13-9-17/h6-13,20H,14-15H2,1-5H3,(H,25,27). The van der Waals surface area contributed by atoms with Crippen molar-refractivity contribution in [2.75, 3.05) is 20.7 Å². The zero-order valence-corrected chi connectivity index (χ0v) is 18.1. The number of rotatable bonds is 7. The number of nitrogens with zero attached hydrogens (tertiary/aromatic N) is 1. The van der Waals surface area contributed by atoms with Crippen molar-refractivity contribution in [2.45, 2.75) is 38.8 Å². The van der Waals surface area contributed by atoms with Crippen LogP contribution in [0, 0.1) is 5.82 Å². The Morgan fingerprint density at radius 2 is 1.67 bits per heavy atom. The maximum atomic E-state index is 13.2. The average molecular weight is 416 g/mol. The third kappa shape index (κ3) is 7.39. The Kier molecular flexibility index (Phi) is 7.80. The van der Waals surface area contributed by atoms with E-state index in [9.17, 15) is 14.0 Å². The van der Waals surface area contributed by atoms with Crippen LogP contribution in [0.15, 0.2) is 48.5 Å². The second-order valence-corrected chi connectivity index (χ2v) is 8.06. The molecule has 0 spiro atoms. The van der Waals surface area contributed by atoms with Gasteiger partial charge < -0.3 is 19.7 Å². The van der Waals surface area contributed by atoms with Crippen molar-refractivity contribution < 1.29 is 23.5 Å². The van der Waals surface area contributed by atoms with Gasteiger partial charge in [-0.3, -0.25) is 4.79 Å². The molecule has 0 fully saturated rings. The maximum Gasteiger partial charge on any atom is 0.410 e. The second-order valence-electron chi connectivity index (χ2n) is 8.06. The summed E-state index contributed by atoms with van der Waals surface area (Å²) in [5.41, 5.74) is 1.10. The fourth-order valence-corrected chi connectivity index (χ4v) is 2.80. The van der Waals surface area contributed by atoms with Crippen LogP contribution in [-0.2, 0) is 16.0 Å². The van der Waals surface area contributed by atoms with Crippen LogP contribution in [0.25, 0.3) is 0 Å². The number of hydrogen-bond donors (Lipinski definition) is 1. The van der Waals surface area contributed by atoms with Gasteiger partial charge in [-0.1, -0.05) is 24.3 Å². The second kappa shape index (κ2) is 10.1. The van der Waals surface area contributed by atoms with Crippen molar-refractivity contribution >= 4 is 12.0 Å². The molecule has 30 heavy (non-hydrogen) atoms. The van der Waals surface area contributed by atoms with E-state index in [1.807, 2.05) is 24.3 Å². The van der Waals surface area contributed by atoms with Gasteiger partial charge in [0, 0.05) is 7.05 Å². The topological polar surface area (TPSA) is 67.9 Å². The third-order valence-electron chi connectivity index (χ3n) is 4.29. The Morgan fingerprint density at radius 1 is 1.07 bits per heavy atom. The lowest BCUT2D eigenvalue weighted by Crippen LogP contribution is -2.42. The predicted octanol–water partition coefficient (Wildman–Crippen LogP) is 4.10. The molecule has 0 bridgehead atoms. The molecule has 0 saturated carbocycles. The molecule has 0 radical (unpaired) electrons. The summed E-state index contributed by atoms with van der Waals surface area (Å²) in [7, 11) is 3.09. The molecular weight excluding hydrogens is 387 g/mol. The molecule has 0 heterocycles. The number of hydrogen-bond acceptors (Lipinski definition) is 4. The quantitative estimate of drug-likeness (QED) is 0.738. The Bertz CT molecular complexity index is 845. The summed E-state index contributed by atoms with van der Waals surface area (Å²) in [5.74, 6) is 0.0596. The molecule has 2 aromatic rings. The number of carbonyl (C=O) groups is 2. The van der Waals surface area contributed by atoms with Crippen LogP contribution in [0.2, 0.25) is 0 Å². The largest absolute Gasteiger partial charge is 0.497 e. The lowest BCUT2D eigenvalue weighted by atomic mass is 9.98. The van der Waals surface area contributed by atoms with Gasteiger partial charge in [-0.25, -0.2) is 9.18 Å². The van der Waals surface area contributed by atoms with Crippen molar-refractivity contribution in [3.63, 3.8) is 0 Å². The third-order valence-corrected chi connectivity index (χ3v) is 4.29. The van der Waals surface area contributed by atoms with E-state index in [1.165, 1.54) is 24.1 Å². The molecule has 0 saturated heterocycles. The van der Waals surface area contributed by atoms with Gasteiger partial charge in [-0.15, -0.1) is 0 Å². The summed E-state index contributed by atoms with van der Waals surface area (Å²) in [4.78, 5) is 26.0. The molecule has 0 aliphatic carbocycles. The first kappa shape index (κ1) is 23.2. The number of likely N-dealkylation sites (N-methyl/N-ethyl adjacent to an activating group) is 1. The summed E-state index contributed by atoms with van der Waals surface area (Å²) in [6.45, 7) is 5.15. The Hall–Kier alpha value is -3.09. The van der Waals surface area contributed by atoms with Gasteiger partial charge in [0.15, 0.2) is 0 Å². The van der Waals surface area contributed by atoms with E-state index in [0.29, 0.717) is 12.2 Å². The molecule has 0 aliphatic heterocycles. The monoisotopic (exact) mass is 416 g/mol. The molecule has 2 aromatic carbocycles. The number of benzene rings is 2. The molecular formula is C23H29FN2O4. The minimum absolute atomic E-state index is 0.148. The average Bonchev–Trinajstić information content (AvgIpc) is 2.68. The van der Waals surface area contributed by atoms with Gasteiger partial charge in [0.05, 0.1) is 13.2 Å². The van der Waals surface area contributed by atoms with Gasteiger partial charge >= 0.3 is 6.09 Å². The van der Waals surface area contributed by atoms with Crippen LogP contribution in [0.1, 0.15) is 37.9 Å². The smallest absolute Gasteiger partial charge is 0.410 e. The first-order valence-electron chi connectivity index (χ1n) is 9.69. The number of halogens is 1. The van der Waals surface area contributed by atoms with Crippen molar-refractivity contribution in [1.82, 2.24) is 10.2 Å². The maximum absolute atomic E-state index is 13.2. The molecule has 2 rings (SSSR count). The van der Waals surface area contributed by atoms with Crippen LogP contribution in [-0.4, -0.2) is 43.2 Å². The zero-order valence-electron chi connectivity index (χ0n) is 18.1. The molecule has 162 valence electrons. The summed E-state index contributed by atoms with van der Waals surface area (Å²) in [5, 5.41) is 2.96. The van der Waals surface area contributed by atoms with Gasteiger partial charge in [0.2, 0.25) is 5.91 Å². The highest BCUT2D eigenvalue weighted by molar-refractivity contribution is 5.82. The number of nitrogens with one attached hydrogen (secondary N) is 1. The van der Waals surface area contributed by atoms with Crippen molar-refractivity contribution in [3.8, 4) is 5.75 Å². The Labute approximate surface area is 177 Å². The van der Waals surface area contributed by atoms with E-state index in [4.69, 9.17) is 9.47 Å². The summed E-state index contributed by atoms with van der Waals surface area (Å²) < 4.78 is 23.7. The van der Waals surface area contributed by atoms with E-state index >= 15 is 0 Å². The lowest BCUT2D eigenvalue weighted by molar-refractivity contribution is -0.122. The summed E-state index contributed by atoms with van der Waals surface area (Å²) in [6, 6.07) is 13.1. The van der Waals surface area contributed by atoms with Crippen LogP contribution < -0.4 is 10.1 Å². The Balaban J connectivity index is 2.12. The van der Waals surface area contributed by atoms with E-state index in [2.05, 4.69) is 5.32 Å². The zero-order chi connectivity index (χ0) is 22.3. The molecule has 1 unspecified atom stereocenters. The molecule has 6 nitrogen and oxygen atoms in total. The number of methoxy groups -OCH3 is 1.